The molecule has 1 aromatic rings. The van der Waals surface area contributed by atoms with Crippen LogP contribution in [0.1, 0.15) is 52.0 Å². The summed E-state index contributed by atoms with van der Waals surface area (Å²) in [6.45, 7) is 7.08. The Labute approximate surface area is 170 Å². The molecule has 2 heterocycles. The van der Waals surface area contributed by atoms with E-state index in [1.54, 1.807) is 0 Å². The van der Waals surface area contributed by atoms with Crippen molar-refractivity contribution in [1.29, 1.82) is 0 Å². The minimum atomic E-state index is -0.447. The number of carbonyl (C=O) groups is 1. The largest absolute Gasteiger partial charge is 0.352 e. The summed E-state index contributed by atoms with van der Waals surface area (Å²) in [4.78, 5) is 15.1. The highest BCUT2D eigenvalue weighted by molar-refractivity contribution is 5.85. The number of halogens is 2. The van der Waals surface area contributed by atoms with Crippen molar-refractivity contribution in [2.45, 2.75) is 77.2 Å². The predicted octanol–water partition coefficient (Wildman–Crippen LogP) is 3.52. The van der Waals surface area contributed by atoms with Gasteiger partial charge in [-0.25, -0.2) is 0 Å². The highest BCUT2D eigenvalue weighted by atomic mass is 35.5. The second kappa shape index (κ2) is 9.41. The Bertz CT molecular complexity index is 562. The lowest BCUT2D eigenvalue weighted by Gasteiger charge is -2.40. The van der Waals surface area contributed by atoms with Crippen molar-refractivity contribution in [3.63, 3.8) is 0 Å². The summed E-state index contributed by atoms with van der Waals surface area (Å²) in [7, 11) is 0. The van der Waals surface area contributed by atoms with Crippen LogP contribution in [-0.4, -0.2) is 35.0 Å². The van der Waals surface area contributed by atoms with Crippen LogP contribution < -0.4 is 11.1 Å². The number of benzene rings is 1. The molecule has 148 valence electrons. The number of carbonyl (C=O) groups excluding carboxylic acids is 1. The number of rotatable bonds is 4. The second-order valence-electron chi connectivity index (χ2n) is 8.56. The van der Waals surface area contributed by atoms with Gasteiger partial charge in [-0.2, -0.15) is 0 Å². The second-order valence-corrected chi connectivity index (χ2v) is 8.56. The maximum Gasteiger partial charge on any atom is 0.237 e. The van der Waals surface area contributed by atoms with Crippen LogP contribution in [0.5, 0.6) is 0 Å². The van der Waals surface area contributed by atoms with Gasteiger partial charge < -0.3 is 11.1 Å². The van der Waals surface area contributed by atoms with Crippen LogP contribution in [0.15, 0.2) is 30.3 Å². The Morgan fingerprint density at radius 3 is 2.19 bits per heavy atom. The van der Waals surface area contributed by atoms with Gasteiger partial charge in [0.05, 0.1) is 6.04 Å². The summed E-state index contributed by atoms with van der Waals surface area (Å²) in [5.41, 5.74) is 7.29. The van der Waals surface area contributed by atoms with Gasteiger partial charge in [-0.05, 0) is 36.7 Å². The Hall–Kier alpha value is -0.810. The van der Waals surface area contributed by atoms with E-state index in [0.717, 1.165) is 19.4 Å². The summed E-state index contributed by atoms with van der Waals surface area (Å²) in [6.07, 6.45) is 4.59. The average molecular weight is 402 g/mol. The lowest BCUT2D eigenvalue weighted by molar-refractivity contribution is -0.125. The van der Waals surface area contributed by atoms with Gasteiger partial charge in [0.1, 0.15) is 0 Å². The summed E-state index contributed by atoms with van der Waals surface area (Å²) < 4.78 is 0. The van der Waals surface area contributed by atoms with Gasteiger partial charge in [0, 0.05) is 24.7 Å². The number of hydrogen-bond donors (Lipinski definition) is 2. The lowest BCUT2D eigenvalue weighted by atomic mass is 9.86. The highest BCUT2D eigenvalue weighted by Gasteiger charge is 2.41. The topological polar surface area (TPSA) is 58.4 Å². The van der Waals surface area contributed by atoms with Crippen LogP contribution in [0.2, 0.25) is 0 Å². The number of hydrogen-bond acceptors (Lipinski definition) is 3. The fourth-order valence-electron chi connectivity index (χ4n) is 4.13. The molecule has 2 aliphatic heterocycles. The fourth-order valence-corrected chi connectivity index (χ4v) is 4.13. The van der Waals surface area contributed by atoms with Gasteiger partial charge in [0.15, 0.2) is 0 Å². The van der Waals surface area contributed by atoms with Gasteiger partial charge in [-0.1, -0.05) is 51.1 Å². The Kier molecular flexibility index (Phi) is 8.40. The van der Waals surface area contributed by atoms with Gasteiger partial charge in [0.2, 0.25) is 5.91 Å². The van der Waals surface area contributed by atoms with Crippen LogP contribution in [0.25, 0.3) is 0 Å². The van der Waals surface area contributed by atoms with Crippen LogP contribution >= 0.6 is 24.8 Å². The molecule has 1 amide bonds. The molecule has 0 aromatic heterocycles. The molecule has 3 atom stereocenters. The number of nitrogens with zero attached hydrogens (tertiary/aromatic N) is 1. The summed E-state index contributed by atoms with van der Waals surface area (Å²) in [5, 5.41) is 3.22. The maximum absolute atomic E-state index is 12.4. The highest BCUT2D eigenvalue weighted by Crippen LogP contribution is 2.37. The number of nitrogens with one attached hydrogen (secondary N) is 1. The van der Waals surface area contributed by atoms with Crippen molar-refractivity contribution in [1.82, 2.24) is 10.2 Å². The molecule has 3 N–H and O–H groups in total. The first-order valence-corrected chi connectivity index (χ1v) is 9.20. The van der Waals surface area contributed by atoms with E-state index in [4.69, 9.17) is 5.73 Å². The van der Waals surface area contributed by atoms with E-state index in [1.807, 2.05) is 20.8 Å². The molecular formula is C20H33Cl2N3O. The normalized spacial score (nSPS) is 26.4. The van der Waals surface area contributed by atoms with Crippen molar-refractivity contribution < 1.29 is 4.79 Å². The average Bonchev–Trinajstić information content (AvgIpc) is 2.77. The van der Waals surface area contributed by atoms with Gasteiger partial charge in [0.25, 0.3) is 0 Å². The zero-order chi connectivity index (χ0) is 17.3. The first kappa shape index (κ1) is 23.2. The van der Waals surface area contributed by atoms with E-state index in [-0.39, 0.29) is 42.2 Å². The first-order chi connectivity index (χ1) is 11.3. The van der Waals surface area contributed by atoms with Crippen molar-refractivity contribution in [3.8, 4) is 0 Å². The molecule has 2 bridgehead atoms. The summed E-state index contributed by atoms with van der Waals surface area (Å²) >= 11 is 0. The summed E-state index contributed by atoms with van der Waals surface area (Å²) in [5.74, 6) is 0.00316. The number of fused-ring (bicyclic) bond motifs is 2. The molecule has 26 heavy (non-hydrogen) atoms. The van der Waals surface area contributed by atoms with Gasteiger partial charge in [-0.3, -0.25) is 9.69 Å². The third-order valence-corrected chi connectivity index (χ3v) is 5.65. The number of amides is 1. The van der Waals surface area contributed by atoms with Crippen molar-refractivity contribution in [2.75, 3.05) is 0 Å². The fraction of sp³-hybridized carbons (Fsp3) is 0.650. The standard InChI is InChI=1S/C20H31N3O.2ClH/c1-20(2,3)18(21)19(24)22-15-11-16-9-10-17(12-15)23(16)13-14-7-5-4-6-8-14;;/h4-8,15-18H,9-13,21H2,1-3H3,(H,22,24);2*1H/t15?,16?,17?,18-;;/m1../s1. The van der Waals surface area contributed by atoms with Crippen LogP contribution in [-0.2, 0) is 11.3 Å². The number of piperidine rings is 1. The molecule has 4 nitrogen and oxygen atoms in total. The maximum atomic E-state index is 12.4. The van der Waals surface area contributed by atoms with E-state index in [9.17, 15) is 4.79 Å². The van der Waals surface area contributed by atoms with Crippen molar-refractivity contribution in [3.05, 3.63) is 35.9 Å². The lowest BCUT2D eigenvalue weighted by Crippen LogP contribution is -2.55. The van der Waals surface area contributed by atoms with Crippen LogP contribution in [0.3, 0.4) is 0 Å². The molecule has 6 heteroatoms. The van der Waals surface area contributed by atoms with Gasteiger partial charge >= 0.3 is 0 Å². The van der Waals surface area contributed by atoms with E-state index in [1.165, 1.54) is 18.4 Å². The molecule has 0 spiro atoms. The van der Waals surface area contributed by atoms with Crippen LogP contribution in [0.4, 0.5) is 0 Å². The molecule has 2 unspecified atom stereocenters. The Morgan fingerprint density at radius 1 is 1.15 bits per heavy atom. The molecule has 2 aliphatic rings. The predicted molar refractivity (Wildman–Crippen MR) is 112 cm³/mol. The number of nitrogens with two attached hydrogens (primary N) is 1. The Balaban J connectivity index is 0.00000169. The molecule has 0 aliphatic carbocycles. The molecule has 0 saturated carbocycles. The molecule has 3 rings (SSSR count). The van der Waals surface area contributed by atoms with E-state index >= 15 is 0 Å². The minimum Gasteiger partial charge on any atom is -0.352 e. The molecular weight excluding hydrogens is 369 g/mol. The van der Waals surface area contributed by atoms with E-state index in [2.05, 4.69) is 40.5 Å². The summed E-state index contributed by atoms with van der Waals surface area (Å²) in [6, 6.07) is 11.7. The molecule has 2 fully saturated rings. The SMILES string of the molecule is CC(C)(C)[C@H](N)C(=O)NC1CC2CCC(C1)N2Cc1ccccc1.Cl.Cl. The smallest absolute Gasteiger partial charge is 0.237 e. The monoisotopic (exact) mass is 401 g/mol. The Morgan fingerprint density at radius 2 is 1.69 bits per heavy atom. The van der Waals surface area contributed by atoms with Gasteiger partial charge in [-0.15, -0.1) is 24.8 Å². The van der Waals surface area contributed by atoms with E-state index in [0.29, 0.717) is 12.1 Å². The van der Waals surface area contributed by atoms with Crippen LogP contribution in [0, 0.1) is 5.41 Å². The van der Waals surface area contributed by atoms with Crippen molar-refractivity contribution >= 4 is 30.7 Å². The van der Waals surface area contributed by atoms with Crippen molar-refractivity contribution in [2.24, 2.45) is 11.1 Å². The first-order valence-electron chi connectivity index (χ1n) is 9.20. The zero-order valence-electron chi connectivity index (χ0n) is 16.0. The quantitative estimate of drug-likeness (QED) is 0.810. The third kappa shape index (κ3) is 5.35. The molecule has 0 radical (unpaired) electrons. The zero-order valence-corrected chi connectivity index (χ0v) is 17.6. The van der Waals surface area contributed by atoms with E-state index < -0.39 is 6.04 Å². The molecule has 2 saturated heterocycles. The minimum absolute atomic E-state index is 0. The third-order valence-electron chi connectivity index (χ3n) is 5.65. The molecule has 1 aromatic carbocycles.